The van der Waals surface area contributed by atoms with Crippen LogP contribution in [0.5, 0.6) is 0 Å². The van der Waals surface area contributed by atoms with Gasteiger partial charge in [0, 0.05) is 13.1 Å². The van der Waals surface area contributed by atoms with Crippen molar-refractivity contribution in [3.05, 3.63) is 12.3 Å². The highest BCUT2D eigenvalue weighted by Crippen LogP contribution is 2.41. The molecule has 0 heterocycles. The van der Waals surface area contributed by atoms with E-state index in [4.69, 9.17) is 0 Å². The molecular weight excluding hydrogens is 337 g/mol. The van der Waals surface area contributed by atoms with E-state index in [1.54, 1.807) is 0 Å². The van der Waals surface area contributed by atoms with Gasteiger partial charge in [0.15, 0.2) is 0 Å². The predicted octanol–water partition coefficient (Wildman–Crippen LogP) is 4.32. The van der Waals surface area contributed by atoms with Crippen LogP contribution in [0.4, 0.5) is 22.1 Å². The first kappa shape index (κ1) is 20.1. The van der Waals surface area contributed by atoms with Crippen molar-refractivity contribution in [2.24, 2.45) is 0 Å². The number of nitrogens with zero attached hydrogens (tertiary/aromatic N) is 1. The molecule has 0 aromatic rings. The minimum atomic E-state index is -5.78. The molecule has 9 heteroatoms. The van der Waals surface area contributed by atoms with E-state index in [-0.39, 0.29) is 5.54 Å². The fraction of sp³-hybridized carbons (Fsp3) is 0.786. The van der Waals surface area contributed by atoms with Crippen molar-refractivity contribution in [2.75, 3.05) is 7.05 Å². The molecule has 1 aliphatic rings. The highest BCUT2D eigenvalue weighted by atomic mass is 28.3. The molecule has 0 saturated heterocycles. The van der Waals surface area contributed by atoms with Gasteiger partial charge in [0.05, 0.1) is 8.07 Å². The molecule has 1 fully saturated rings. The predicted molar refractivity (Wildman–Crippen MR) is 78.5 cm³/mol. The lowest BCUT2D eigenvalue weighted by atomic mass is 9.93. The van der Waals surface area contributed by atoms with Gasteiger partial charge in [-0.25, -0.2) is 0 Å². The second-order valence-electron chi connectivity index (χ2n) is 6.63. The van der Waals surface area contributed by atoms with Crippen molar-refractivity contribution in [1.29, 1.82) is 0 Å². The molecule has 1 saturated carbocycles. The number of halogens is 5. The van der Waals surface area contributed by atoms with Crippen LogP contribution in [0.2, 0.25) is 18.6 Å². The van der Waals surface area contributed by atoms with Gasteiger partial charge in [-0.3, -0.25) is 4.79 Å². The smallest absolute Gasteiger partial charge is 0.337 e. The van der Waals surface area contributed by atoms with Crippen LogP contribution in [0.25, 0.3) is 0 Å². The third-order valence-electron chi connectivity index (χ3n) is 4.84. The van der Waals surface area contributed by atoms with Crippen molar-refractivity contribution in [2.45, 2.75) is 62.4 Å². The maximum absolute atomic E-state index is 13.7. The first-order valence-electron chi connectivity index (χ1n) is 7.37. The van der Waals surface area contributed by atoms with Crippen LogP contribution in [-0.2, 0) is 9.74 Å². The molecule has 0 spiro atoms. The van der Waals surface area contributed by atoms with Gasteiger partial charge in [-0.1, -0.05) is 25.9 Å². The van der Waals surface area contributed by atoms with Crippen molar-refractivity contribution in [3.63, 3.8) is 0 Å². The first-order valence-corrected chi connectivity index (χ1v) is 10.5. The molecule has 0 radical (unpaired) electrons. The number of carbonyl (C=O) groups is 1. The highest BCUT2D eigenvalue weighted by Gasteiger charge is 2.66. The summed E-state index contributed by atoms with van der Waals surface area (Å²) in [6, 6.07) is -0.583. The van der Waals surface area contributed by atoms with E-state index in [0.717, 1.165) is 13.5 Å². The van der Waals surface area contributed by atoms with E-state index >= 15 is 0 Å². The number of likely N-dealkylation sites (N-methyl/N-ethyl adjacent to an activating group) is 1. The van der Waals surface area contributed by atoms with Gasteiger partial charge in [-0.15, -0.1) is 17.2 Å². The number of hydrogen-bond donors (Lipinski definition) is 0. The Morgan fingerprint density at radius 3 is 2.30 bits per heavy atom. The Balaban J connectivity index is 2.94. The first-order chi connectivity index (χ1) is 10.4. The number of rotatable bonds is 5. The van der Waals surface area contributed by atoms with E-state index in [0.29, 0.717) is 24.2 Å². The van der Waals surface area contributed by atoms with E-state index in [1.165, 1.54) is 0 Å². The van der Waals surface area contributed by atoms with Crippen LogP contribution in [-0.4, -0.2) is 44.0 Å². The molecule has 134 valence electrons. The van der Waals surface area contributed by atoms with Gasteiger partial charge in [-0.2, -0.15) is 17.6 Å². The minimum absolute atomic E-state index is 0.222. The van der Waals surface area contributed by atoms with Crippen molar-refractivity contribution >= 4 is 14.0 Å². The van der Waals surface area contributed by atoms with Gasteiger partial charge >= 0.3 is 17.9 Å². The SMILES string of the molecule is C=C[Si](C)(C)C1CCCC(N(C)C(=O)C(F)(OF)C(F)(F)F)C1. The standard InChI is InChI=1S/C14H22F5NO2Si/c1-5-23(3,4)11-8-6-7-10(9-11)20(2)12(21)13(15,22-19)14(16,17)18/h5,10-11H,1,6-9H2,2-4H3. The Morgan fingerprint density at radius 1 is 1.30 bits per heavy atom. The normalized spacial score (nSPS) is 25.6. The molecule has 23 heavy (non-hydrogen) atoms. The zero-order valence-corrected chi connectivity index (χ0v) is 14.4. The van der Waals surface area contributed by atoms with Crippen molar-refractivity contribution < 1.29 is 31.8 Å². The quantitative estimate of drug-likeness (QED) is 0.540. The summed E-state index contributed by atoms with van der Waals surface area (Å²) in [5, 5.41) is 0. The Hall–Kier alpha value is -0.963. The topological polar surface area (TPSA) is 29.5 Å². The third-order valence-corrected chi connectivity index (χ3v) is 8.52. The number of alkyl halides is 4. The average Bonchev–Trinajstić information content (AvgIpc) is 2.51. The van der Waals surface area contributed by atoms with Gasteiger partial charge in [0.1, 0.15) is 0 Å². The zero-order valence-electron chi connectivity index (χ0n) is 13.4. The van der Waals surface area contributed by atoms with Crippen LogP contribution in [0.3, 0.4) is 0 Å². The Morgan fingerprint density at radius 2 is 1.87 bits per heavy atom. The molecule has 0 aromatic carbocycles. The van der Waals surface area contributed by atoms with E-state index in [2.05, 4.69) is 24.6 Å². The van der Waals surface area contributed by atoms with Crippen molar-refractivity contribution in [3.8, 4) is 0 Å². The molecule has 0 bridgehead atoms. The largest absolute Gasteiger partial charge is 0.461 e. The van der Waals surface area contributed by atoms with Crippen LogP contribution in [0, 0.1) is 0 Å². The molecule has 1 amide bonds. The second kappa shape index (κ2) is 6.88. The molecule has 1 aliphatic carbocycles. The summed E-state index contributed by atoms with van der Waals surface area (Å²) in [4.78, 5) is 14.9. The number of hydrogen-bond acceptors (Lipinski definition) is 2. The summed E-state index contributed by atoms with van der Waals surface area (Å²) in [6.45, 7) is 7.96. The fourth-order valence-electron chi connectivity index (χ4n) is 2.95. The van der Waals surface area contributed by atoms with Crippen LogP contribution >= 0.6 is 0 Å². The third kappa shape index (κ3) is 3.93. The van der Waals surface area contributed by atoms with Gasteiger partial charge in [-0.05, 0) is 22.9 Å². The van der Waals surface area contributed by atoms with Crippen LogP contribution in [0.15, 0.2) is 12.3 Å². The zero-order chi connectivity index (χ0) is 18.1. The Bertz CT molecular complexity index is 457. The number of carbonyl (C=O) groups excluding carboxylic acids is 1. The molecule has 3 unspecified atom stereocenters. The lowest BCUT2D eigenvalue weighted by molar-refractivity contribution is -0.384. The maximum Gasteiger partial charge on any atom is 0.461 e. The van der Waals surface area contributed by atoms with Crippen molar-refractivity contribution in [1.82, 2.24) is 4.90 Å². The monoisotopic (exact) mass is 359 g/mol. The summed E-state index contributed by atoms with van der Waals surface area (Å²) >= 11 is 0. The van der Waals surface area contributed by atoms with E-state index in [9.17, 15) is 26.9 Å². The Kier molecular flexibility index (Phi) is 6.01. The maximum atomic E-state index is 13.7. The van der Waals surface area contributed by atoms with Crippen LogP contribution < -0.4 is 0 Å². The summed E-state index contributed by atoms with van der Waals surface area (Å²) in [6.07, 6.45) is -3.28. The number of amides is 1. The fourth-order valence-corrected chi connectivity index (χ4v) is 5.11. The molecule has 0 aliphatic heterocycles. The molecule has 3 atom stereocenters. The second-order valence-corrected chi connectivity index (χ2v) is 11.5. The minimum Gasteiger partial charge on any atom is -0.337 e. The lowest BCUT2D eigenvalue weighted by Gasteiger charge is -2.41. The molecule has 1 rings (SSSR count). The molecule has 3 nitrogen and oxygen atoms in total. The van der Waals surface area contributed by atoms with Gasteiger partial charge in [0.2, 0.25) is 0 Å². The van der Waals surface area contributed by atoms with Crippen LogP contribution in [0.1, 0.15) is 25.7 Å². The summed E-state index contributed by atoms with van der Waals surface area (Å²) in [7, 11) is -0.733. The Labute approximate surface area is 133 Å². The van der Waals surface area contributed by atoms with E-state index < -0.39 is 32.1 Å². The van der Waals surface area contributed by atoms with Gasteiger partial charge in [0.25, 0.3) is 0 Å². The summed E-state index contributed by atoms with van der Waals surface area (Å²) < 4.78 is 63.7. The summed E-state index contributed by atoms with van der Waals surface area (Å²) in [5.41, 5.74) is 2.11. The summed E-state index contributed by atoms with van der Waals surface area (Å²) in [5.74, 6) is -7.02. The van der Waals surface area contributed by atoms with E-state index in [1.807, 2.05) is 5.70 Å². The average molecular weight is 359 g/mol. The van der Waals surface area contributed by atoms with Gasteiger partial charge < -0.3 is 4.90 Å². The molecular formula is C14H22F5NO2Si. The molecule has 0 N–H and O–H groups in total. The highest BCUT2D eigenvalue weighted by molar-refractivity contribution is 6.83. The lowest BCUT2D eigenvalue weighted by Crippen LogP contribution is -2.57. The molecule has 0 aromatic heterocycles.